The van der Waals surface area contributed by atoms with Gasteiger partial charge < -0.3 is 19.9 Å². The normalized spacial score (nSPS) is 17.1. The highest BCUT2D eigenvalue weighted by atomic mass is 16.4. The van der Waals surface area contributed by atoms with Crippen molar-refractivity contribution >= 4 is 28.7 Å². The van der Waals surface area contributed by atoms with Crippen molar-refractivity contribution in [2.75, 3.05) is 26.7 Å². The lowest BCUT2D eigenvalue weighted by molar-refractivity contribution is -0.147. The van der Waals surface area contributed by atoms with Crippen molar-refractivity contribution < 1.29 is 19.5 Å². The van der Waals surface area contributed by atoms with E-state index in [1.807, 2.05) is 31.3 Å². The Bertz CT molecular complexity index is 873. The third-order valence-corrected chi connectivity index (χ3v) is 5.26. The molecule has 0 radical (unpaired) electrons. The fourth-order valence-corrected chi connectivity index (χ4v) is 3.68. The maximum absolute atomic E-state index is 12.6. The van der Waals surface area contributed by atoms with E-state index in [2.05, 4.69) is 4.98 Å². The number of H-pyrrole nitrogens is 1. The first-order valence-electron chi connectivity index (χ1n) is 9.17. The van der Waals surface area contributed by atoms with Crippen molar-refractivity contribution in [3.8, 4) is 0 Å². The van der Waals surface area contributed by atoms with E-state index in [0.29, 0.717) is 19.4 Å². The van der Waals surface area contributed by atoms with E-state index < -0.39 is 11.9 Å². The number of likely N-dealkylation sites (tertiary alicyclic amines) is 1. The van der Waals surface area contributed by atoms with Crippen molar-refractivity contribution in [2.45, 2.75) is 26.2 Å². The van der Waals surface area contributed by atoms with Gasteiger partial charge in [0.05, 0.1) is 18.9 Å². The van der Waals surface area contributed by atoms with E-state index in [0.717, 1.165) is 22.0 Å². The van der Waals surface area contributed by atoms with Gasteiger partial charge in [0.2, 0.25) is 11.8 Å². The van der Waals surface area contributed by atoms with Gasteiger partial charge in [0, 0.05) is 37.2 Å². The summed E-state index contributed by atoms with van der Waals surface area (Å²) in [6.07, 6.45) is 3.32. The summed E-state index contributed by atoms with van der Waals surface area (Å²) in [7, 11) is 1.61. The number of aromatic nitrogens is 1. The number of likely N-dealkylation sites (N-methyl/N-ethyl adjacent to an activating group) is 1. The number of hydrogen-bond acceptors (Lipinski definition) is 3. The monoisotopic (exact) mass is 371 g/mol. The van der Waals surface area contributed by atoms with Gasteiger partial charge in [-0.25, -0.2) is 0 Å². The molecule has 1 aliphatic rings. The van der Waals surface area contributed by atoms with Gasteiger partial charge in [0.1, 0.15) is 0 Å². The molecule has 2 N–H and O–H groups in total. The Labute approximate surface area is 157 Å². The number of hydrogen-bond donors (Lipinski definition) is 2. The minimum absolute atomic E-state index is 0.0352. The van der Waals surface area contributed by atoms with Crippen molar-refractivity contribution in [3.05, 3.63) is 35.5 Å². The number of fused-ring (bicyclic) bond motifs is 1. The molecule has 0 aliphatic carbocycles. The van der Waals surface area contributed by atoms with Crippen LogP contribution in [0.2, 0.25) is 0 Å². The lowest BCUT2D eigenvalue weighted by atomic mass is 9.98. The highest BCUT2D eigenvalue weighted by molar-refractivity contribution is 5.92. The lowest BCUT2D eigenvalue weighted by Crippen LogP contribution is -2.47. The maximum atomic E-state index is 12.6. The van der Waals surface area contributed by atoms with Crippen LogP contribution in [0.15, 0.2) is 24.4 Å². The molecule has 1 saturated heterocycles. The molecule has 1 aromatic heterocycles. The van der Waals surface area contributed by atoms with E-state index in [1.165, 1.54) is 4.90 Å². The zero-order chi connectivity index (χ0) is 19.6. The molecule has 2 amide bonds. The fourth-order valence-electron chi connectivity index (χ4n) is 3.68. The van der Waals surface area contributed by atoms with Crippen molar-refractivity contribution in [1.82, 2.24) is 14.8 Å². The molecular formula is C20H25N3O4. The van der Waals surface area contributed by atoms with Gasteiger partial charge in [0.15, 0.2) is 0 Å². The molecular weight excluding hydrogens is 346 g/mol. The largest absolute Gasteiger partial charge is 0.481 e. The number of benzene rings is 1. The second-order valence-electron chi connectivity index (χ2n) is 7.26. The van der Waals surface area contributed by atoms with Crippen LogP contribution in [0.1, 0.15) is 24.0 Å². The standard InChI is InChI=1S/C20H25N3O4/c1-13-5-3-7-16-19(13)15(10-21-16)9-17(24)22(2)12-18(25)23-8-4-6-14(11-23)20(26)27/h3,5,7,10,14,21H,4,6,8-9,11-12H2,1-2H3,(H,26,27). The number of aryl methyl sites for hydroxylation is 1. The molecule has 7 heteroatoms. The Hall–Kier alpha value is -2.83. The zero-order valence-electron chi connectivity index (χ0n) is 15.7. The summed E-state index contributed by atoms with van der Waals surface area (Å²) in [5.41, 5.74) is 3.00. The number of amides is 2. The number of nitrogens with one attached hydrogen (secondary N) is 1. The smallest absolute Gasteiger partial charge is 0.308 e. The van der Waals surface area contributed by atoms with Gasteiger partial charge in [0.25, 0.3) is 0 Å². The molecule has 2 heterocycles. The molecule has 7 nitrogen and oxygen atoms in total. The first-order chi connectivity index (χ1) is 12.9. The number of aromatic amines is 1. The first-order valence-corrected chi connectivity index (χ1v) is 9.17. The van der Waals surface area contributed by atoms with Crippen LogP contribution in [0.25, 0.3) is 10.9 Å². The van der Waals surface area contributed by atoms with Crippen LogP contribution in [0.5, 0.6) is 0 Å². The molecule has 144 valence electrons. The van der Waals surface area contributed by atoms with Gasteiger partial charge in [-0.1, -0.05) is 12.1 Å². The molecule has 1 aliphatic heterocycles. The minimum Gasteiger partial charge on any atom is -0.481 e. The number of carbonyl (C=O) groups is 3. The molecule has 1 unspecified atom stereocenters. The highest BCUT2D eigenvalue weighted by Crippen LogP contribution is 2.23. The summed E-state index contributed by atoms with van der Waals surface area (Å²) in [6, 6.07) is 5.94. The van der Waals surface area contributed by atoms with Gasteiger partial charge in [-0.2, -0.15) is 0 Å². The fraction of sp³-hybridized carbons (Fsp3) is 0.450. The van der Waals surface area contributed by atoms with Crippen molar-refractivity contribution in [3.63, 3.8) is 0 Å². The molecule has 27 heavy (non-hydrogen) atoms. The quantitative estimate of drug-likeness (QED) is 0.838. The summed E-state index contributed by atoms with van der Waals surface area (Å²) in [5, 5.41) is 10.2. The van der Waals surface area contributed by atoms with Gasteiger partial charge in [-0.3, -0.25) is 14.4 Å². The van der Waals surface area contributed by atoms with Gasteiger partial charge >= 0.3 is 5.97 Å². The van der Waals surface area contributed by atoms with E-state index in [1.54, 1.807) is 11.9 Å². The van der Waals surface area contributed by atoms with Gasteiger partial charge in [-0.15, -0.1) is 0 Å². The van der Waals surface area contributed by atoms with Crippen LogP contribution in [-0.2, 0) is 20.8 Å². The SMILES string of the molecule is Cc1cccc2[nH]cc(CC(=O)N(C)CC(=O)N3CCCC(C(=O)O)C3)c12. The second-order valence-corrected chi connectivity index (χ2v) is 7.26. The average Bonchev–Trinajstić information content (AvgIpc) is 3.05. The third-order valence-electron chi connectivity index (χ3n) is 5.26. The van der Waals surface area contributed by atoms with Crippen LogP contribution < -0.4 is 0 Å². The van der Waals surface area contributed by atoms with E-state index >= 15 is 0 Å². The van der Waals surface area contributed by atoms with Crippen LogP contribution >= 0.6 is 0 Å². The zero-order valence-corrected chi connectivity index (χ0v) is 15.7. The minimum atomic E-state index is -0.869. The van der Waals surface area contributed by atoms with Gasteiger partial charge in [-0.05, 0) is 37.0 Å². The van der Waals surface area contributed by atoms with E-state index in [4.69, 9.17) is 5.11 Å². The summed E-state index contributed by atoms with van der Waals surface area (Å²) >= 11 is 0. The van der Waals surface area contributed by atoms with E-state index in [-0.39, 0.29) is 31.3 Å². The van der Waals surface area contributed by atoms with E-state index in [9.17, 15) is 14.4 Å². The van der Waals surface area contributed by atoms with Crippen molar-refractivity contribution in [1.29, 1.82) is 0 Å². The lowest BCUT2D eigenvalue weighted by Gasteiger charge is -2.32. The molecule has 1 fully saturated rings. The number of rotatable bonds is 5. The number of aliphatic carboxylic acids is 1. The predicted molar refractivity (Wildman–Crippen MR) is 101 cm³/mol. The number of carbonyl (C=O) groups excluding carboxylic acids is 2. The topological polar surface area (TPSA) is 93.7 Å². The number of carboxylic acids is 1. The molecule has 1 aromatic carbocycles. The Morgan fingerprint density at radius 1 is 1.33 bits per heavy atom. The Morgan fingerprint density at radius 2 is 2.11 bits per heavy atom. The molecule has 0 spiro atoms. The summed E-state index contributed by atoms with van der Waals surface area (Å²) < 4.78 is 0. The summed E-state index contributed by atoms with van der Waals surface area (Å²) in [6.45, 7) is 2.74. The third kappa shape index (κ3) is 4.13. The number of piperidine rings is 1. The summed E-state index contributed by atoms with van der Waals surface area (Å²) in [5.74, 6) is -1.73. The molecule has 0 saturated carbocycles. The maximum Gasteiger partial charge on any atom is 0.308 e. The predicted octanol–water partition coefficient (Wildman–Crippen LogP) is 1.80. The molecule has 2 aromatic rings. The van der Waals surface area contributed by atoms with Crippen LogP contribution in [0.3, 0.4) is 0 Å². The van der Waals surface area contributed by atoms with Crippen LogP contribution in [0, 0.1) is 12.8 Å². The Kier molecular flexibility index (Phi) is 5.48. The first kappa shape index (κ1) is 18.9. The Morgan fingerprint density at radius 3 is 2.85 bits per heavy atom. The summed E-state index contributed by atoms with van der Waals surface area (Å²) in [4.78, 5) is 42.4. The number of nitrogens with zero attached hydrogens (tertiary/aromatic N) is 2. The average molecular weight is 371 g/mol. The Balaban J connectivity index is 1.62. The molecule has 3 rings (SSSR count). The molecule has 1 atom stereocenters. The van der Waals surface area contributed by atoms with Crippen molar-refractivity contribution in [2.24, 2.45) is 5.92 Å². The second kappa shape index (κ2) is 7.82. The molecule has 0 bridgehead atoms. The van der Waals surface area contributed by atoms with Crippen LogP contribution in [-0.4, -0.2) is 64.4 Å². The van der Waals surface area contributed by atoms with Crippen LogP contribution in [0.4, 0.5) is 0 Å². The highest BCUT2D eigenvalue weighted by Gasteiger charge is 2.29. The number of carboxylic acid groups (broad SMARTS) is 1.